The van der Waals surface area contributed by atoms with Gasteiger partial charge in [0.1, 0.15) is 5.75 Å². The molecule has 0 N–H and O–H groups in total. The standard InChI is InChI=1S/C27H28N2O2/c1-31-25-15-9-8-10-22(25)16-17-26(30)28-18-20-29(21-19-28)27(23-11-4-2-5-12-23)24-13-6-3-7-14-24/h2-17,27H,18-21H2,1H3/b17-16+. The monoisotopic (exact) mass is 412 g/mol. The van der Waals surface area contributed by atoms with Crippen LogP contribution in [-0.2, 0) is 4.79 Å². The molecule has 0 unspecified atom stereocenters. The van der Waals surface area contributed by atoms with Gasteiger partial charge in [0.05, 0.1) is 13.2 Å². The van der Waals surface area contributed by atoms with Crippen molar-refractivity contribution in [3.8, 4) is 5.75 Å². The molecule has 0 aliphatic carbocycles. The topological polar surface area (TPSA) is 32.8 Å². The average molecular weight is 413 g/mol. The molecule has 1 amide bonds. The number of methoxy groups -OCH3 is 1. The van der Waals surface area contributed by atoms with Gasteiger partial charge in [0, 0.05) is 37.8 Å². The van der Waals surface area contributed by atoms with E-state index < -0.39 is 0 Å². The maximum absolute atomic E-state index is 12.8. The molecule has 0 spiro atoms. The van der Waals surface area contributed by atoms with Crippen LogP contribution < -0.4 is 4.74 Å². The lowest BCUT2D eigenvalue weighted by Crippen LogP contribution is -2.49. The van der Waals surface area contributed by atoms with Gasteiger partial charge in [-0.2, -0.15) is 0 Å². The Hall–Kier alpha value is -3.37. The molecule has 1 aliphatic heterocycles. The zero-order valence-electron chi connectivity index (χ0n) is 17.9. The minimum atomic E-state index is 0.0431. The second-order valence-corrected chi connectivity index (χ2v) is 7.66. The summed E-state index contributed by atoms with van der Waals surface area (Å²) in [6.07, 6.45) is 3.49. The smallest absolute Gasteiger partial charge is 0.246 e. The normalized spacial score (nSPS) is 14.8. The van der Waals surface area contributed by atoms with Crippen molar-refractivity contribution in [1.82, 2.24) is 9.80 Å². The van der Waals surface area contributed by atoms with Crippen molar-refractivity contribution in [2.24, 2.45) is 0 Å². The summed E-state index contributed by atoms with van der Waals surface area (Å²) in [5, 5.41) is 0. The molecule has 0 bridgehead atoms. The van der Waals surface area contributed by atoms with E-state index in [1.807, 2.05) is 35.2 Å². The van der Waals surface area contributed by atoms with E-state index in [1.165, 1.54) is 11.1 Å². The summed E-state index contributed by atoms with van der Waals surface area (Å²) in [6, 6.07) is 29.1. The molecular formula is C27H28N2O2. The maximum Gasteiger partial charge on any atom is 0.246 e. The van der Waals surface area contributed by atoms with E-state index in [4.69, 9.17) is 4.74 Å². The third-order valence-electron chi connectivity index (χ3n) is 5.77. The van der Waals surface area contributed by atoms with E-state index >= 15 is 0 Å². The SMILES string of the molecule is COc1ccccc1/C=C/C(=O)N1CCN(C(c2ccccc2)c2ccccc2)CC1. The van der Waals surface area contributed by atoms with Crippen molar-refractivity contribution in [1.29, 1.82) is 0 Å². The Morgan fingerprint density at radius 3 is 1.94 bits per heavy atom. The van der Waals surface area contributed by atoms with Crippen molar-refractivity contribution in [3.05, 3.63) is 108 Å². The van der Waals surface area contributed by atoms with Crippen LogP contribution in [0.4, 0.5) is 0 Å². The summed E-state index contributed by atoms with van der Waals surface area (Å²) in [4.78, 5) is 17.2. The van der Waals surface area contributed by atoms with Gasteiger partial charge < -0.3 is 9.64 Å². The Morgan fingerprint density at radius 2 is 1.35 bits per heavy atom. The van der Waals surface area contributed by atoms with Crippen LogP contribution in [0.25, 0.3) is 6.08 Å². The molecule has 1 aliphatic rings. The van der Waals surface area contributed by atoms with E-state index in [0.29, 0.717) is 13.1 Å². The highest BCUT2D eigenvalue weighted by molar-refractivity contribution is 5.92. The second-order valence-electron chi connectivity index (χ2n) is 7.66. The zero-order valence-corrected chi connectivity index (χ0v) is 17.9. The molecule has 3 aromatic rings. The van der Waals surface area contributed by atoms with Gasteiger partial charge in [-0.15, -0.1) is 0 Å². The molecule has 158 valence electrons. The lowest BCUT2D eigenvalue weighted by atomic mass is 9.96. The van der Waals surface area contributed by atoms with Crippen LogP contribution in [0.3, 0.4) is 0 Å². The number of piperazine rings is 1. The minimum Gasteiger partial charge on any atom is -0.496 e. The van der Waals surface area contributed by atoms with Crippen molar-refractivity contribution < 1.29 is 9.53 Å². The number of nitrogens with zero attached hydrogens (tertiary/aromatic N) is 2. The van der Waals surface area contributed by atoms with Gasteiger partial charge in [-0.3, -0.25) is 9.69 Å². The first-order valence-electron chi connectivity index (χ1n) is 10.7. The molecule has 1 heterocycles. The number of hydrogen-bond donors (Lipinski definition) is 0. The Morgan fingerprint density at radius 1 is 0.806 bits per heavy atom. The summed E-state index contributed by atoms with van der Waals surface area (Å²) in [7, 11) is 1.64. The molecule has 31 heavy (non-hydrogen) atoms. The van der Waals surface area contributed by atoms with E-state index in [2.05, 4.69) is 65.6 Å². The summed E-state index contributed by atoms with van der Waals surface area (Å²) in [5.74, 6) is 0.812. The van der Waals surface area contributed by atoms with Gasteiger partial charge in [0.25, 0.3) is 0 Å². The zero-order chi connectivity index (χ0) is 21.5. The maximum atomic E-state index is 12.8. The van der Waals surface area contributed by atoms with Gasteiger partial charge >= 0.3 is 0 Å². The van der Waals surface area contributed by atoms with E-state index in [1.54, 1.807) is 13.2 Å². The third kappa shape index (κ3) is 5.04. The minimum absolute atomic E-state index is 0.0431. The molecule has 1 saturated heterocycles. The van der Waals surface area contributed by atoms with Crippen LogP contribution in [0.15, 0.2) is 91.0 Å². The highest BCUT2D eigenvalue weighted by Gasteiger charge is 2.27. The average Bonchev–Trinajstić information content (AvgIpc) is 2.84. The Labute approximate surface area is 184 Å². The van der Waals surface area contributed by atoms with Crippen molar-refractivity contribution in [2.75, 3.05) is 33.3 Å². The first-order valence-corrected chi connectivity index (χ1v) is 10.7. The van der Waals surface area contributed by atoms with Crippen LogP contribution in [0.2, 0.25) is 0 Å². The van der Waals surface area contributed by atoms with Crippen LogP contribution in [0.5, 0.6) is 5.75 Å². The fourth-order valence-electron chi connectivity index (χ4n) is 4.16. The Kier molecular flexibility index (Phi) is 6.80. The van der Waals surface area contributed by atoms with Crippen LogP contribution in [0, 0.1) is 0 Å². The predicted molar refractivity (Wildman–Crippen MR) is 125 cm³/mol. The van der Waals surface area contributed by atoms with Crippen molar-refractivity contribution in [2.45, 2.75) is 6.04 Å². The van der Waals surface area contributed by atoms with Gasteiger partial charge in [-0.05, 0) is 23.3 Å². The molecule has 0 radical (unpaired) electrons. The molecule has 0 aromatic heterocycles. The Bertz CT molecular complexity index is 970. The molecule has 4 heteroatoms. The van der Waals surface area contributed by atoms with Gasteiger partial charge in [0.2, 0.25) is 5.91 Å². The number of amides is 1. The number of hydrogen-bond acceptors (Lipinski definition) is 3. The second kappa shape index (κ2) is 10.1. The highest BCUT2D eigenvalue weighted by atomic mass is 16.5. The van der Waals surface area contributed by atoms with Crippen molar-refractivity contribution >= 4 is 12.0 Å². The van der Waals surface area contributed by atoms with Crippen LogP contribution in [-0.4, -0.2) is 49.0 Å². The lowest BCUT2D eigenvalue weighted by Gasteiger charge is -2.39. The number of benzene rings is 3. The van der Waals surface area contributed by atoms with Gasteiger partial charge in [0.15, 0.2) is 0 Å². The van der Waals surface area contributed by atoms with E-state index in [0.717, 1.165) is 24.4 Å². The molecule has 0 atom stereocenters. The molecule has 0 saturated carbocycles. The first kappa shape index (κ1) is 20.9. The van der Waals surface area contributed by atoms with Crippen molar-refractivity contribution in [3.63, 3.8) is 0 Å². The van der Waals surface area contributed by atoms with E-state index in [9.17, 15) is 4.79 Å². The molecule has 1 fully saturated rings. The Balaban J connectivity index is 1.44. The number of para-hydroxylation sites is 1. The molecule has 4 rings (SSSR count). The summed E-state index contributed by atoms with van der Waals surface area (Å²) >= 11 is 0. The number of ether oxygens (including phenoxy) is 1. The van der Waals surface area contributed by atoms with Gasteiger partial charge in [-0.1, -0.05) is 78.9 Å². The molecular weight excluding hydrogens is 384 g/mol. The number of carbonyl (C=O) groups is 1. The highest BCUT2D eigenvalue weighted by Crippen LogP contribution is 2.29. The third-order valence-corrected chi connectivity index (χ3v) is 5.77. The van der Waals surface area contributed by atoms with E-state index in [-0.39, 0.29) is 11.9 Å². The fraction of sp³-hybridized carbons (Fsp3) is 0.222. The predicted octanol–water partition coefficient (Wildman–Crippen LogP) is 4.64. The first-order chi connectivity index (χ1) is 15.3. The fourth-order valence-corrected chi connectivity index (χ4v) is 4.16. The molecule has 3 aromatic carbocycles. The van der Waals surface area contributed by atoms with Crippen LogP contribution >= 0.6 is 0 Å². The number of rotatable bonds is 6. The summed E-state index contributed by atoms with van der Waals surface area (Å²) < 4.78 is 5.36. The molecule has 4 nitrogen and oxygen atoms in total. The summed E-state index contributed by atoms with van der Waals surface area (Å²) in [5.41, 5.74) is 3.47. The lowest BCUT2D eigenvalue weighted by molar-refractivity contribution is -0.127. The largest absolute Gasteiger partial charge is 0.496 e. The van der Waals surface area contributed by atoms with Gasteiger partial charge in [-0.25, -0.2) is 0 Å². The quantitative estimate of drug-likeness (QED) is 0.553. The summed E-state index contributed by atoms with van der Waals surface area (Å²) in [6.45, 7) is 3.10. The number of carbonyl (C=O) groups excluding carboxylic acids is 1. The van der Waals surface area contributed by atoms with Crippen LogP contribution in [0.1, 0.15) is 22.7 Å².